The second-order valence-corrected chi connectivity index (χ2v) is 8.51. The number of carbonyl (C=O) groups excluding carboxylic acids is 4. The van der Waals surface area contributed by atoms with Crippen molar-refractivity contribution in [1.82, 2.24) is 15.2 Å². The summed E-state index contributed by atoms with van der Waals surface area (Å²) < 4.78 is 0. The van der Waals surface area contributed by atoms with Crippen molar-refractivity contribution in [3.05, 3.63) is 22.3 Å². The number of amides is 3. The number of carboxylic acid groups (broad SMARTS) is 1. The molecule has 2 aliphatic heterocycles. The fourth-order valence-electron chi connectivity index (χ4n) is 2.79. The Kier molecular flexibility index (Phi) is 6.05. The number of aromatic nitrogens is 1. The molecule has 0 radical (unpaired) electrons. The van der Waals surface area contributed by atoms with Crippen molar-refractivity contribution in [2.24, 2.45) is 0 Å². The van der Waals surface area contributed by atoms with Crippen LogP contribution in [0.4, 0.5) is 5.13 Å². The number of nitrogens with zero attached hydrogens (tertiary/aromatic N) is 2. The first-order chi connectivity index (χ1) is 13.4. The van der Waals surface area contributed by atoms with Gasteiger partial charge in [0, 0.05) is 16.9 Å². The van der Waals surface area contributed by atoms with E-state index in [4.69, 9.17) is 0 Å². The van der Waals surface area contributed by atoms with E-state index in [0.717, 1.165) is 16.2 Å². The number of aliphatic carboxylic acids is 1. The van der Waals surface area contributed by atoms with Gasteiger partial charge in [0.1, 0.15) is 22.8 Å². The Morgan fingerprint density at radius 2 is 2.21 bits per heavy atom. The van der Waals surface area contributed by atoms with Gasteiger partial charge in [-0.25, -0.2) is 9.78 Å². The molecule has 1 unspecified atom stereocenters. The number of nitrogens with one attached hydrogen (secondary N) is 2. The third kappa shape index (κ3) is 3.64. The average molecular weight is 443 g/mol. The lowest BCUT2D eigenvalue weighted by atomic mass is 10.0. The normalized spacial score (nSPS) is 20.9. The number of hydrogen-bond acceptors (Lipinski definition) is 9. The summed E-state index contributed by atoms with van der Waals surface area (Å²) in [5, 5.41) is 15.0. The van der Waals surface area contributed by atoms with Crippen LogP contribution in [0.2, 0.25) is 0 Å². The topological polar surface area (TPSA) is 146 Å². The van der Waals surface area contributed by atoms with Crippen molar-refractivity contribution in [1.29, 1.82) is 0 Å². The summed E-state index contributed by atoms with van der Waals surface area (Å²) in [4.78, 5) is 63.8. The molecule has 0 bridgehead atoms. The summed E-state index contributed by atoms with van der Waals surface area (Å²) in [6, 6.07) is -0.988. The number of ketones is 1. The lowest BCUT2D eigenvalue weighted by Crippen LogP contribution is -2.71. The van der Waals surface area contributed by atoms with Crippen LogP contribution >= 0.6 is 34.9 Å². The van der Waals surface area contributed by atoms with Gasteiger partial charge in [-0.3, -0.25) is 24.1 Å². The van der Waals surface area contributed by atoms with E-state index in [1.165, 1.54) is 28.9 Å². The smallest absolute Gasteiger partial charge is 0.352 e. The number of thiazole rings is 1. The van der Waals surface area contributed by atoms with Gasteiger partial charge in [-0.1, -0.05) is 0 Å². The number of hydrogen-bond donors (Lipinski definition) is 3. The van der Waals surface area contributed by atoms with E-state index in [1.807, 2.05) is 6.26 Å². The van der Waals surface area contributed by atoms with Crippen molar-refractivity contribution < 1.29 is 29.1 Å². The predicted octanol–water partition coefficient (Wildman–Crippen LogP) is -0.00430. The molecule has 0 saturated carbocycles. The lowest BCUT2D eigenvalue weighted by Gasteiger charge is -2.49. The summed E-state index contributed by atoms with van der Waals surface area (Å²) >= 11 is 3.77. The zero-order valence-corrected chi connectivity index (χ0v) is 16.8. The third-order valence-corrected chi connectivity index (χ3v) is 6.73. The Labute approximate surface area is 171 Å². The number of carbonyl (C=O) groups is 5. The Morgan fingerprint density at radius 1 is 1.46 bits per heavy atom. The molecule has 13 heteroatoms. The fraction of sp³-hybridized carbons (Fsp3) is 0.333. The zero-order valence-electron chi connectivity index (χ0n) is 14.3. The van der Waals surface area contributed by atoms with Gasteiger partial charge in [-0.05, 0) is 11.8 Å². The van der Waals surface area contributed by atoms with Gasteiger partial charge in [-0.2, -0.15) is 11.8 Å². The van der Waals surface area contributed by atoms with Gasteiger partial charge in [0.25, 0.3) is 17.6 Å². The summed E-state index contributed by atoms with van der Waals surface area (Å²) in [6.45, 7) is 0. The molecule has 0 spiro atoms. The predicted molar refractivity (Wildman–Crippen MR) is 104 cm³/mol. The maximum absolute atomic E-state index is 12.5. The number of anilines is 1. The van der Waals surface area contributed by atoms with Crippen molar-refractivity contribution >= 4 is 70.0 Å². The first-order valence-corrected chi connectivity index (χ1v) is 11.1. The van der Waals surface area contributed by atoms with Crippen molar-refractivity contribution in [2.75, 3.05) is 23.1 Å². The molecule has 0 aromatic carbocycles. The van der Waals surface area contributed by atoms with Crippen LogP contribution < -0.4 is 10.6 Å². The standard InChI is InChI=1S/C15H14N4O6S3/c1-26-2-6-3-27-13-8(12(23)19(13)9(6)14(24)25)18-11(22)10(21)7-4-28-15(17-7)16-5-20/h4-5,8,13H,2-3H2,1H3,(H,18,22)(H,24,25)(H,16,17,20)/t8?,13-/m0/s1. The van der Waals surface area contributed by atoms with E-state index in [9.17, 15) is 29.1 Å². The van der Waals surface area contributed by atoms with E-state index >= 15 is 0 Å². The molecule has 1 saturated heterocycles. The number of carboxylic acids is 1. The molecule has 2 atom stereocenters. The largest absolute Gasteiger partial charge is 0.477 e. The van der Waals surface area contributed by atoms with Crippen molar-refractivity contribution in [2.45, 2.75) is 11.4 Å². The number of rotatable bonds is 8. The first-order valence-electron chi connectivity index (χ1n) is 7.78. The zero-order chi connectivity index (χ0) is 20.4. The maximum atomic E-state index is 12.5. The van der Waals surface area contributed by atoms with Crippen molar-refractivity contribution in [3.8, 4) is 0 Å². The number of β-lactam (4-membered cyclic amide) rings is 1. The Morgan fingerprint density at radius 3 is 2.86 bits per heavy atom. The number of thioether (sulfide) groups is 2. The second-order valence-electron chi connectivity index (χ2n) is 5.68. The molecule has 1 aromatic heterocycles. The van der Waals surface area contributed by atoms with E-state index in [0.29, 0.717) is 23.5 Å². The summed E-state index contributed by atoms with van der Waals surface area (Å²) in [6.07, 6.45) is 2.23. The molecule has 1 fully saturated rings. The van der Waals surface area contributed by atoms with Gasteiger partial charge in [0.15, 0.2) is 5.13 Å². The fourth-order valence-corrected chi connectivity index (χ4v) is 5.50. The summed E-state index contributed by atoms with van der Waals surface area (Å²) in [5.74, 6) is -2.82. The average Bonchev–Trinajstić information content (AvgIpc) is 3.13. The number of fused-ring (bicyclic) bond motifs is 1. The van der Waals surface area contributed by atoms with Gasteiger partial charge in [0.2, 0.25) is 6.41 Å². The summed E-state index contributed by atoms with van der Waals surface area (Å²) in [7, 11) is 0. The Balaban J connectivity index is 1.70. The van der Waals surface area contributed by atoms with Crippen LogP contribution in [0, 0.1) is 0 Å². The molecule has 1 aromatic rings. The van der Waals surface area contributed by atoms with Gasteiger partial charge >= 0.3 is 5.97 Å². The van der Waals surface area contributed by atoms with Crippen LogP contribution in [0.1, 0.15) is 10.5 Å². The molecule has 10 nitrogen and oxygen atoms in total. The molecule has 3 amide bonds. The monoisotopic (exact) mass is 442 g/mol. The van der Waals surface area contributed by atoms with E-state index in [1.54, 1.807) is 0 Å². The minimum Gasteiger partial charge on any atom is -0.477 e. The Bertz CT molecular complexity index is 898. The van der Waals surface area contributed by atoms with Gasteiger partial charge < -0.3 is 15.7 Å². The molecule has 2 aliphatic rings. The highest BCUT2D eigenvalue weighted by molar-refractivity contribution is 8.00. The molecular weight excluding hydrogens is 428 g/mol. The lowest BCUT2D eigenvalue weighted by molar-refractivity contribution is -0.150. The molecular formula is C15H14N4O6S3. The van der Waals surface area contributed by atoms with Gasteiger partial charge in [0.05, 0.1) is 0 Å². The quantitative estimate of drug-likeness (QED) is 0.219. The van der Waals surface area contributed by atoms with Crippen LogP contribution in [0.15, 0.2) is 16.7 Å². The van der Waals surface area contributed by atoms with Crippen LogP contribution in [0.5, 0.6) is 0 Å². The minimum absolute atomic E-state index is 0.0518. The molecule has 148 valence electrons. The van der Waals surface area contributed by atoms with Gasteiger partial charge in [-0.15, -0.1) is 23.1 Å². The Hall–Kier alpha value is -2.38. The van der Waals surface area contributed by atoms with Crippen LogP contribution in [0.3, 0.4) is 0 Å². The van der Waals surface area contributed by atoms with Crippen molar-refractivity contribution in [3.63, 3.8) is 0 Å². The molecule has 28 heavy (non-hydrogen) atoms. The van der Waals surface area contributed by atoms with Crippen LogP contribution in [-0.2, 0) is 19.2 Å². The van der Waals surface area contributed by atoms with Crippen LogP contribution in [0.25, 0.3) is 0 Å². The van der Waals surface area contributed by atoms with Crippen LogP contribution in [-0.4, -0.2) is 74.1 Å². The molecule has 3 rings (SSSR count). The third-order valence-electron chi connectivity index (χ3n) is 3.98. The molecule has 3 heterocycles. The second kappa shape index (κ2) is 8.32. The molecule has 3 N–H and O–H groups in total. The summed E-state index contributed by atoms with van der Waals surface area (Å²) in [5.41, 5.74) is 0.442. The van der Waals surface area contributed by atoms with E-state index in [2.05, 4.69) is 15.6 Å². The SMILES string of the molecule is CSCC1=C(C(=O)O)N2C(=O)C(NC(=O)C(=O)c3csc(NC=O)n3)[C@@H]2SC1. The highest BCUT2D eigenvalue weighted by atomic mass is 32.2. The molecule has 0 aliphatic carbocycles. The highest BCUT2D eigenvalue weighted by Gasteiger charge is 2.54. The minimum atomic E-state index is -1.19. The number of Topliss-reactive ketones (excluding diaryl/α,β-unsaturated/α-hetero) is 1. The first kappa shape index (κ1) is 20.4. The van der Waals surface area contributed by atoms with E-state index in [-0.39, 0.29) is 16.5 Å². The highest BCUT2D eigenvalue weighted by Crippen LogP contribution is 2.40. The maximum Gasteiger partial charge on any atom is 0.352 e. The van der Waals surface area contributed by atoms with E-state index < -0.39 is 35.0 Å².